The average molecular weight is 1950 g/mol. The lowest BCUT2D eigenvalue weighted by Crippen LogP contribution is -2.14. The van der Waals surface area contributed by atoms with Crippen LogP contribution >= 0.6 is 0 Å². The van der Waals surface area contributed by atoms with Gasteiger partial charge in [-0.3, -0.25) is 35.4 Å². The summed E-state index contributed by atoms with van der Waals surface area (Å²) in [5, 5.41) is 55.0. The van der Waals surface area contributed by atoms with Crippen molar-refractivity contribution in [2.24, 2.45) is 43.5 Å². The van der Waals surface area contributed by atoms with Crippen molar-refractivity contribution in [1.29, 1.82) is 16.2 Å². The van der Waals surface area contributed by atoms with Gasteiger partial charge >= 0.3 is 0 Å². The summed E-state index contributed by atoms with van der Waals surface area (Å²) in [6.07, 6.45) is 0. The van der Waals surface area contributed by atoms with E-state index in [0.29, 0.717) is 131 Å². The quantitative estimate of drug-likeness (QED) is 0.0160. The third-order valence-corrected chi connectivity index (χ3v) is 24.6. The Hall–Kier alpha value is -17.5. The fraction of sp³-hybridized carbons (Fsp3) is 0.00962. The molecule has 4 amide bonds. The number of rotatable bonds is 28. The van der Waals surface area contributed by atoms with Gasteiger partial charge in [-0.05, 0) is 198 Å². The predicted octanol–water partition coefficient (Wildman–Crippen LogP) is 17.6. The number of sulfonamides is 4. The lowest BCUT2D eigenvalue weighted by Gasteiger charge is -2.13. The van der Waals surface area contributed by atoms with Gasteiger partial charge < -0.3 is 63.1 Å². The van der Waals surface area contributed by atoms with Gasteiger partial charge in [-0.1, -0.05) is 212 Å². The van der Waals surface area contributed by atoms with Crippen molar-refractivity contribution in [3.63, 3.8) is 0 Å². The van der Waals surface area contributed by atoms with Crippen molar-refractivity contribution in [2.75, 3.05) is 21.3 Å². The molecule has 36 heteroatoms. The second-order valence-electron chi connectivity index (χ2n) is 30.5. The van der Waals surface area contributed by atoms with E-state index in [9.17, 15) is 57.2 Å². The summed E-state index contributed by atoms with van der Waals surface area (Å²) >= 11 is 0. The molecule has 0 bridgehead atoms. The highest BCUT2D eigenvalue weighted by molar-refractivity contribution is 7.90. The number of carbonyl (C=O) groups is 4. The number of hydrogen-bond donors (Lipinski definition) is 15. The number of anilines is 4. The number of benzene rings is 16. The summed E-state index contributed by atoms with van der Waals surface area (Å²) in [5.74, 6) is 0.464. The zero-order chi connectivity index (χ0) is 100. The summed E-state index contributed by atoms with van der Waals surface area (Å²) in [6.45, 7) is 0.386. The van der Waals surface area contributed by atoms with E-state index in [1.165, 1.54) is 54.6 Å². The van der Waals surface area contributed by atoms with Crippen molar-refractivity contribution in [2.45, 2.75) is 26.1 Å². The van der Waals surface area contributed by atoms with Crippen molar-refractivity contribution < 1.29 is 76.2 Å². The van der Waals surface area contributed by atoms with Crippen LogP contribution in [0.5, 0.6) is 46.0 Å². The van der Waals surface area contributed by atoms with Crippen LogP contribution in [0, 0.1) is 22.0 Å². The van der Waals surface area contributed by atoms with Crippen LogP contribution in [0.2, 0.25) is 0 Å². The number of nitrogens with one attached hydrogen (secondary N) is 7. The van der Waals surface area contributed by atoms with Crippen LogP contribution in [0.1, 0.15) is 63.7 Å². The molecule has 0 aliphatic rings. The lowest BCUT2D eigenvalue weighted by atomic mass is 10.0. The molecular formula is C104H88FN15O16S4. The molecule has 0 saturated carbocycles. The first-order valence-electron chi connectivity index (χ1n) is 42.0. The van der Waals surface area contributed by atoms with E-state index in [1.54, 1.807) is 303 Å². The van der Waals surface area contributed by atoms with Gasteiger partial charge in [0, 0.05) is 62.4 Å². The minimum absolute atomic E-state index is 0.0112. The van der Waals surface area contributed by atoms with E-state index >= 15 is 0 Å². The molecule has 31 nitrogen and oxygen atoms in total. The smallest absolute Gasteiger partial charge is 0.259 e. The summed E-state index contributed by atoms with van der Waals surface area (Å²) in [7, 11) is -15.7. The molecule has 706 valence electrons. The van der Waals surface area contributed by atoms with Crippen LogP contribution in [0.4, 0.5) is 27.1 Å². The number of primary sulfonamides is 4. The Labute approximate surface area is 805 Å². The van der Waals surface area contributed by atoms with Gasteiger partial charge in [0.05, 0.1) is 47.6 Å². The number of para-hydroxylation sites is 5. The Morgan fingerprint density at radius 2 is 0.557 bits per heavy atom. The largest absolute Gasteiger partial charge is 0.457 e. The maximum Gasteiger partial charge on any atom is 0.259 e. The number of nitrogens with two attached hydrogens (primary N) is 8. The Morgan fingerprint density at radius 3 is 0.907 bits per heavy atom. The summed E-state index contributed by atoms with van der Waals surface area (Å²) in [5.41, 5.74) is 31.2. The highest BCUT2D eigenvalue weighted by Crippen LogP contribution is 2.38. The molecule has 0 unspecified atom stereocenters. The highest BCUT2D eigenvalue weighted by atomic mass is 32.2. The molecule has 0 fully saturated rings. The van der Waals surface area contributed by atoms with Crippen molar-refractivity contribution in [3.8, 4) is 90.5 Å². The maximum atomic E-state index is 14.9. The molecule has 16 aromatic carbocycles. The third kappa shape index (κ3) is 26.4. The Balaban J connectivity index is 0.000000157. The molecule has 140 heavy (non-hydrogen) atoms. The zero-order valence-electron chi connectivity index (χ0n) is 73.7. The number of hydrogen-bond acceptors (Lipinski definition) is 20. The van der Waals surface area contributed by atoms with Gasteiger partial charge in [0.15, 0.2) is 5.75 Å². The van der Waals surface area contributed by atoms with E-state index in [1.807, 2.05) is 18.2 Å². The lowest BCUT2D eigenvalue weighted by molar-refractivity contribution is 0.101. The van der Waals surface area contributed by atoms with E-state index in [4.69, 9.17) is 78.7 Å². The number of nitrogen functional groups attached to an aromatic ring is 3. The van der Waals surface area contributed by atoms with Crippen LogP contribution in [0.25, 0.3) is 44.5 Å². The number of carbonyl (C=O) groups excluding carboxylic acids is 4. The molecule has 0 heterocycles. The van der Waals surface area contributed by atoms with Gasteiger partial charge in [-0.2, -0.15) is 0 Å². The molecule has 0 saturated heterocycles. The summed E-state index contributed by atoms with van der Waals surface area (Å²) < 4.78 is 134. The first-order chi connectivity index (χ1) is 66.9. The Bertz CT molecular complexity index is 7910. The van der Waals surface area contributed by atoms with Gasteiger partial charge in [0.25, 0.3) is 23.6 Å². The van der Waals surface area contributed by atoms with E-state index in [-0.39, 0.29) is 82.9 Å². The fourth-order valence-corrected chi connectivity index (χ4v) is 17.0. The van der Waals surface area contributed by atoms with Crippen LogP contribution in [-0.4, -0.2) is 74.8 Å². The maximum absolute atomic E-state index is 14.9. The van der Waals surface area contributed by atoms with Crippen molar-refractivity contribution >= 4 is 104 Å². The van der Waals surface area contributed by atoms with Crippen LogP contribution < -0.4 is 83.7 Å². The second kappa shape index (κ2) is 44.8. The van der Waals surface area contributed by atoms with Crippen molar-refractivity contribution in [3.05, 3.63) is 433 Å². The Morgan fingerprint density at radius 1 is 0.271 bits per heavy atom. The number of ether oxygens (including phenoxy) is 4. The molecule has 23 N–H and O–H groups in total. The molecule has 0 atom stereocenters. The number of amides is 4. The minimum atomic E-state index is -4.02. The molecule has 0 aromatic heterocycles. The molecule has 16 rings (SSSR count). The fourth-order valence-electron chi connectivity index (χ4n) is 14.0. The van der Waals surface area contributed by atoms with Gasteiger partial charge in [-0.25, -0.2) is 58.6 Å². The van der Waals surface area contributed by atoms with E-state index < -0.39 is 51.8 Å². The zero-order valence-corrected chi connectivity index (χ0v) is 77.0. The van der Waals surface area contributed by atoms with Gasteiger partial charge in [0.2, 0.25) is 40.1 Å². The SMILES string of the molecule is N=C(N)c1cccc(Oc2ccccc2C(=O)Nc2ccc(-c3ccccc3S(N)(=O)=O)cc2)c1.N=C(N)c1cccc(Oc2ccccc2C(=O)Nc2ccc(-c3ccccc3S(N)(=O)=O)cc2F)c1.N=C(N)c1cccc(Oc2ccccc2NC(=O)c2ccc(-c3ccccc3S(N)(=O)=O)cc2)c1.NCc1cccc(Oc2ccccc2C(=O)Nc2ccc(-c3ccccc3S(N)(=O)=O)cc2)c1. The second-order valence-corrected chi connectivity index (χ2v) is 36.6. The molecule has 16 aromatic rings. The molecule has 0 spiro atoms. The molecule has 0 aliphatic heterocycles. The topological polar surface area (TPSA) is 570 Å². The van der Waals surface area contributed by atoms with Crippen LogP contribution in [-0.2, 0) is 46.6 Å². The molecule has 0 aliphatic carbocycles. The monoisotopic (exact) mass is 1950 g/mol. The van der Waals surface area contributed by atoms with Crippen LogP contribution in [0.15, 0.2) is 402 Å². The summed E-state index contributed by atoms with van der Waals surface area (Å²) in [6, 6.07) is 104. The van der Waals surface area contributed by atoms with Crippen LogP contribution in [0.3, 0.4) is 0 Å². The highest BCUT2D eigenvalue weighted by Gasteiger charge is 2.25. The third-order valence-electron chi connectivity index (χ3n) is 20.7. The average Bonchev–Trinajstić information content (AvgIpc) is 0.811. The van der Waals surface area contributed by atoms with E-state index in [0.717, 1.165) is 11.6 Å². The molecule has 0 radical (unpaired) electrons. The van der Waals surface area contributed by atoms with E-state index in [2.05, 4.69) is 21.3 Å². The standard InChI is InChI=1S/C26H21FN4O4S.2C26H22N4O4S.C26H23N3O4S/c27-21-15-16(19-8-2-4-11-24(19)36(30,33)34)12-13-22(21)31-26(32)20-9-1-3-10-23(20)35-18-7-5-6-17(14-18)25(28)29;27-25(28)19-6-5-7-20(16-19)34-23-10-3-2-9-22(23)30-26(31)18-14-12-17(13-15-18)21-8-1-4-11-24(21)35(29,32)33;27-25(28)18-6-5-7-20(16-18)34-23-10-3-1-9-22(23)26(31)30-19-14-12-17(13-15-19)21-8-2-4-11-24(21)35(29,32)33;27-17-18-6-5-7-21(16-18)33-24-10-3-1-9-23(24)26(30)29-20-14-12-19(13-15-20)22-8-2-4-11-25(22)34(28,31)32/h1-15H,(H3,28,29)(H,31,32)(H2,30,33,34);2*1-16H,(H3,27,28)(H,30,31)(H2,29,32,33);1-16H,17,27H2,(H,29,30)(H2,28,31,32). The number of halogens is 1. The first kappa shape index (κ1) is 100. The normalized spacial score (nSPS) is 11.0. The molecular weight excluding hydrogens is 1860 g/mol. The first-order valence-corrected chi connectivity index (χ1v) is 48.2. The van der Waals surface area contributed by atoms with Gasteiger partial charge in [-0.15, -0.1) is 0 Å². The Kier molecular flexibility index (Phi) is 32.0. The number of amidine groups is 3. The summed E-state index contributed by atoms with van der Waals surface area (Å²) in [4.78, 5) is 51.8. The minimum Gasteiger partial charge on any atom is -0.457 e. The van der Waals surface area contributed by atoms with Gasteiger partial charge in [0.1, 0.15) is 63.6 Å². The predicted molar refractivity (Wildman–Crippen MR) is 538 cm³/mol. The van der Waals surface area contributed by atoms with Crippen molar-refractivity contribution in [1.82, 2.24) is 0 Å².